The van der Waals surface area contributed by atoms with Crippen LogP contribution in [-0.4, -0.2) is 22.6 Å². The van der Waals surface area contributed by atoms with Crippen LogP contribution in [0.3, 0.4) is 0 Å². The van der Waals surface area contributed by atoms with Gasteiger partial charge in [-0.2, -0.15) is 0 Å². The van der Waals surface area contributed by atoms with Gasteiger partial charge in [0.2, 0.25) is 0 Å². The van der Waals surface area contributed by atoms with Gasteiger partial charge in [-0.15, -0.1) is 0 Å². The van der Waals surface area contributed by atoms with Gasteiger partial charge in [0.05, 0.1) is 5.56 Å². The van der Waals surface area contributed by atoms with E-state index in [-0.39, 0.29) is 11.6 Å². The summed E-state index contributed by atoms with van der Waals surface area (Å²) in [6, 6.07) is 12.8. The Bertz CT molecular complexity index is 1110. The van der Waals surface area contributed by atoms with Crippen LogP contribution in [-0.2, 0) is 12.8 Å². The highest BCUT2D eigenvalue weighted by molar-refractivity contribution is 5.89. The Morgan fingerprint density at radius 3 is 2.81 bits per heavy atom. The van der Waals surface area contributed by atoms with Gasteiger partial charge in [-0.1, -0.05) is 30.3 Å². The molecule has 1 atom stereocenters. The Morgan fingerprint density at radius 1 is 1.23 bits per heavy atom. The standard InChI is InChI=1S/C25H24F2N2O2/c1-15-12-18(24(26)27)3-5-20(15)16-2-6-21-17(13-16)8-11-29-23(21)7-4-19-14-28-10-9-22(19)25(30)31/h2-3,5-6,9-10,12-14,23-24,29H,4,7-8,11H2,1H3,(H,30,31)/t23-/m0/s1. The van der Waals surface area contributed by atoms with Crippen LogP contribution >= 0.6 is 0 Å². The number of aromatic carboxylic acids is 1. The van der Waals surface area contributed by atoms with Crippen molar-refractivity contribution in [3.05, 3.63) is 88.2 Å². The zero-order valence-corrected chi connectivity index (χ0v) is 17.2. The molecule has 31 heavy (non-hydrogen) atoms. The summed E-state index contributed by atoms with van der Waals surface area (Å²) in [7, 11) is 0. The van der Waals surface area contributed by atoms with Gasteiger partial charge in [-0.25, -0.2) is 13.6 Å². The molecule has 160 valence electrons. The van der Waals surface area contributed by atoms with Gasteiger partial charge in [-0.05, 0) is 78.2 Å². The van der Waals surface area contributed by atoms with Crippen molar-refractivity contribution < 1.29 is 18.7 Å². The van der Waals surface area contributed by atoms with Crippen LogP contribution < -0.4 is 5.32 Å². The minimum atomic E-state index is -2.47. The SMILES string of the molecule is Cc1cc(C(F)F)ccc1-c1ccc2c(c1)CCN[C@H]2CCc1cnccc1C(=O)O. The van der Waals surface area contributed by atoms with Crippen LogP contribution in [0.15, 0.2) is 54.9 Å². The van der Waals surface area contributed by atoms with Crippen molar-refractivity contribution in [2.75, 3.05) is 6.54 Å². The van der Waals surface area contributed by atoms with Crippen molar-refractivity contribution in [3.63, 3.8) is 0 Å². The monoisotopic (exact) mass is 422 g/mol. The fraction of sp³-hybridized carbons (Fsp3) is 0.280. The Kier molecular flexibility index (Phi) is 6.09. The zero-order valence-electron chi connectivity index (χ0n) is 17.2. The second kappa shape index (κ2) is 8.94. The Balaban J connectivity index is 1.56. The number of carboxylic acids is 1. The van der Waals surface area contributed by atoms with Crippen LogP contribution in [0.1, 0.15) is 57.1 Å². The molecule has 6 heteroatoms. The van der Waals surface area contributed by atoms with E-state index in [1.165, 1.54) is 29.5 Å². The first-order valence-electron chi connectivity index (χ1n) is 10.4. The van der Waals surface area contributed by atoms with Crippen molar-refractivity contribution >= 4 is 5.97 Å². The third-order valence-corrected chi connectivity index (χ3v) is 5.95. The summed E-state index contributed by atoms with van der Waals surface area (Å²) in [5.41, 5.74) is 6.34. The maximum absolute atomic E-state index is 13.0. The summed E-state index contributed by atoms with van der Waals surface area (Å²) in [6.45, 7) is 2.70. The zero-order chi connectivity index (χ0) is 22.0. The molecule has 0 saturated carbocycles. The number of rotatable bonds is 6. The molecule has 3 aromatic rings. The van der Waals surface area contributed by atoms with Gasteiger partial charge in [0.1, 0.15) is 0 Å². The summed E-state index contributed by atoms with van der Waals surface area (Å²) >= 11 is 0. The Morgan fingerprint density at radius 2 is 2.06 bits per heavy atom. The predicted molar refractivity (Wildman–Crippen MR) is 116 cm³/mol. The topological polar surface area (TPSA) is 62.2 Å². The van der Waals surface area contributed by atoms with Gasteiger partial charge in [-0.3, -0.25) is 4.98 Å². The molecule has 0 fully saturated rings. The van der Waals surface area contributed by atoms with Crippen LogP contribution in [0.5, 0.6) is 0 Å². The number of fused-ring (bicyclic) bond motifs is 1. The maximum atomic E-state index is 13.0. The average Bonchev–Trinajstić information content (AvgIpc) is 2.77. The molecular formula is C25H24F2N2O2. The number of hydrogen-bond acceptors (Lipinski definition) is 3. The van der Waals surface area contributed by atoms with E-state index in [4.69, 9.17) is 0 Å². The molecule has 1 aromatic heterocycles. The van der Waals surface area contributed by atoms with E-state index >= 15 is 0 Å². The number of halogens is 2. The van der Waals surface area contributed by atoms with E-state index in [2.05, 4.69) is 22.4 Å². The molecule has 2 N–H and O–H groups in total. The average molecular weight is 422 g/mol. The molecule has 0 aliphatic carbocycles. The quantitative estimate of drug-likeness (QED) is 0.550. The molecule has 4 rings (SSSR count). The minimum Gasteiger partial charge on any atom is -0.478 e. The summed E-state index contributed by atoms with van der Waals surface area (Å²) in [6.07, 6.45) is 2.93. The van der Waals surface area contributed by atoms with Crippen LogP contribution in [0.2, 0.25) is 0 Å². The number of hydrogen-bond donors (Lipinski definition) is 2. The maximum Gasteiger partial charge on any atom is 0.336 e. The molecule has 0 unspecified atom stereocenters. The lowest BCUT2D eigenvalue weighted by Crippen LogP contribution is -2.30. The smallest absolute Gasteiger partial charge is 0.336 e. The van der Waals surface area contributed by atoms with Crippen molar-refractivity contribution in [2.45, 2.75) is 38.7 Å². The molecule has 0 radical (unpaired) electrons. The fourth-order valence-corrected chi connectivity index (χ4v) is 4.36. The third kappa shape index (κ3) is 4.49. The number of carboxylic acid groups (broad SMARTS) is 1. The number of nitrogens with one attached hydrogen (secondary N) is 1. The van der Waals surface area contributed by atoms with Crippen molar-refractivity contribution in [1.29, 1.82) is 0 Å². The third-order valence-electron chi connectivity index (χ3n) is 5.95. The summed E-state index contributed by atoms with van der Waals surface area (Å²) in [5.74, 6) is -0.938. The first-order chi connectivity index (χ1) is 14.9. The molecule has 0 bridgehead atoms. The van der Waals surface area contributed by atoms with Gasteiger partial charge in [0, 0.05) is 24.0 Å². The minimum absolute atomic E-state index is 0.0413. The van der Waals surface area contributed by atoms with Gasteiger partial charge < -0.3 is 10.4 Å². The van der Waals surface area contributed by atoms with Crippen molar-refractivity contribution in [1.82, 2.24) is 10.3 Å². The highest BCUT2D eigenvalue weighted by Crippen LogP contribution is 2.33. The number of pyridine rings is 1. The lowest BCUT2D eigenvalue weighted by Gasteiger charge is -2.28. The normalized spacial score (nSPS) is 15.7. The molecule has 0 saturated heterocycles. The van der Waals surface area contributed by atoms with Crippen LogP contribution in [0.4, 0.5) is 8.78 Å². The molecule has 1 aliphatic rings. The predicted octanol–water partition coefficient (Wildman–Crippen LogP) is 5.51. The van der Waals surface area contributed by atoms with Gasteiger partial charge >= 0.3 is 5.97 Å². The molecule has 2 aromatic carbocycles. The van der Waals surface area contributed by atoms with E-state index < -0.39 is 12.4 Å². The van der Waals surface area contributed by atoms with Gasteiger partial charge in [0.25, 0.3) is 6.43 Å². The number of nitrogens with zero attached hydrogens (tertiary/aromatic N) is 1. The lowest BCUT2D eigenvalue weighted by molar-refractivity contribution is 0.0695. The molecule has 4 nitrogen and oxygen atoms in total. The summed E-state index contributed by atoms with van der Waals surface area (Å²) in [4.78, 5) is 15.5. The number of carbonyl (C=O) groups is 1. The van der Waals surface area contributed by atoms with Crippen molar-refractivity contribution in [3.8, 4) is 11.1 Å². The number of benzene rings is 2. The second-order valence-electron chi connectivity index (χ2n) is 7.92. The first kappa shape index (κ1) is 21.1. The Labute approximate surface area is 180 Å². The second-order valence-corrected chi connectivity index (χ2v) is 7.92. The molecule has 0 spiro atoms. The molecular weight excluding hydrogens is 398 g/mol. The number of aromatic nitrogens is 1. The Hall–Kier alpha value is -3.12. The van der Waals surface area contributed by atoms with Gasteiger partial charge in [0.15, 0.2) is 0 Å². The largest absolute Gasteiger partial charge is 0.478 e. The van der Waals surface area contributed by atoms with E-state index in [0.717, 1.165) is 41.6 Å². The lowest BCUT2D eigenvalue weighted by atomic mass is 9.87. The van der Waals surface area contributed by atoms with Crippen molar-refractivity contribution in [2.24, 2.45) is 0 Å². The first-order valence-corrected chi connectivity index (χ1v) is 10.4. The van der Waals surface area contributed by atoms with E-state index in [9.17, 15) is 18.7 Å². The van der Waals surface area contributed by atoms with E-state index in [0.29, 0.717) is 12.0 Å². The number of aryl methyl sites for hydroxylation is 2. The summed E-state index contributed by atoms with van der Waals surface area (Å²) < 4.78 is 25.9. The van der Waals surface area contributed by atoms with Crippen LogP contribution in [0, 0.1) is 6.92 Å². The fourth-order valence-electron chi connectivity index (χ4n) is 4.36. The number of alkyl halides is 2. The van der Waals surface area contributed by atoms with Crippen LogP contribution in [0.25, 0.3) is 11.1 Å². The summed E-state index contributed by atoms with van der Waals surface area (Å²) in [5, 5.41) is 12.9. The highest BCUT2D eigenvalue weighted by Gasteiger charge is 2.21. The van der Waals surface area contributed by atoms with E-state index in [1.807, 2.05) is 13.0 Å². The molecule has 2 heterocycles. The van der Waals surface area contributed by atoms with E-state index in [1.54, 1.807) is 18.3 Å². The molecule has 0 amide bonds. The highest BCUT2D eigenvalue weighted by atomic mass is 19.3. The molecule has 1 aliphatic heterocycles.